The van der Waals surface area contributed by atoms with Crippen molar-refractivity contribution in [2.45, 2.75) is 32.6 Å². The van der Waals surface area contributed by atoms with Gasteiger partial charge >= 0.3 is 5.97 Å². The predicted octanol–water partition coefficient (Wildman–Crippen LogP) is 3.99. The lowest BCUT2D eigenvalue weighted by Gasteiger charge is -2.12. The third kappa shape index (κ3) is 5.17. The standard InChI is InChI=1S/C21H22N2O4/c1-14(24)27-19-11-4-8-16(12-19)21(26)23-18-10-5-9-17(13-18)22-20(25)15-6-2-3-7-15/h4-5,8-13,15H,2-3,6-7H2,1H3,(H,22,25)(H,23,26). The van der Waals surface area contributed by atoms with Gasteiger partial charge in [0.25, 0.3) is 5.91 Å². The van der Waals surface area contributed by atoms with Crippen LogP contribution in [-0.4, -0.2) is 17.8 Å². The third-order valence-corrected chi connectivity index (χ3v) is 4.47. The number of rotatable bonds is 5. The molecule has 0 radical (unpaired) electrons. The third-order valence-electron chi connectivity index (χ3n) is 4.47. The Bertz CT molecular complexity index is 857. The van der Waals surface area contributed by atoms with E-state index in [4.69, 9.17) is 4.74 Å². The molecule has 1 saturated carbocycles. The molecular formula is C21H22N2O4. The number of esters is 1. The molecule has 27 heavy (non-hydrogen) atoms. The highest BCUT2D eigenvalue weighted by Crippen LogP contribution is 2.26. The maximum atomic E-state index is 12.5. The topological polar surface area (TPSA) is 84.5 Å². The lowest BCUT2D eigenvalue weighted by atomic mass is 10.1. The Morgan fingerprint density at radius 3 is 2.30 bits per heavy atom. The smallest absolute Gasteiger partial charge is 0.308 e. The zero-order valence-corrected chi connectivity index (χ0v) is 15.2. The Kier molecular flexibility index (Phi) is 5.86. The van der Waals surface area contributed by atoms with Crippen molar-refractivity contribution >= 4 is 29.2 Å². The molecule has 0 aromatic heterocycles. The first-order valence-electron chi connectivity index (χ1n) is 9.02. The SMILES string of the molecule is CC(=O)Oc1cccc(C(=O)Nc2cccc(NC(=O)C3CCCC3)c2)c1. The van der Waals surface area contributed by atoms with E-state index in [1.54, 1.807) is 42.5 Å². The Balaban J connectivity index is 1.66. The average Bonchev–Trinajstić information content (AvgIpc) is 3.16. The molecule has 0 aliphatic heterocycles. The Morgan fingerprint density at radius 2 is 1.59 bits per heavy atom. The number of amides is 2. The molecule has 140 valence electrons. The van der Waals surface area contributed by atoms with Gasteiger partial charge in [-0.25, -0.2) is 0 Å². The zero-order chi connectivity index (χ0) is 19.2. The normalized spacial score (nSPS) is 13.8. The number of anilines is 2. The van der Waals surface area contributed by atoms with Gasteiger partial charge in [-0.1, -0.05) is 25.0 Å². The molecule has 2 aromatic rings. The summed E-state index contributed by atoms with van der Waals surface area (Å²) in [4.78, 5) is 35.8. The van der Waals surface area contributed by atoms with Gasteiger partial charge < -0.3 is 15.4 Å². The van der Waals surface area contributed by atoms with Crippen molar-refractivity contribution in [1.82, 2.24) is 0 Å². The molecule has 0 heterocycles. The summed E-state index contributed by atoms with van der Waals surface area (Å²) in [6, 6.07) is 13.4. The summed E-state index contributed by atoms with van der Waals surface area (Å²) in [6.45, 7) is 1.30. The van der Waals surface area contributed by atoms with E-state index in [2.05, 4.69) is 10.6 Å². The molecule has 1 fully saturated rings. The van der Waals surface area contributed by atoms with Crippen molar-refractivity contribution in [2.24, 2.45) is 5.92 Å². The van der Waals surface area contributed by atoms with Crippen molar-refractivity contribution in [2.75, 3.05) is 10.6 Å². The first-order chi connectivity index (χ1) is 13.0. The molecule has 2 aromatic carbocycles. The van der Waals surface area contributed by atoms with Gasteiger partial charge in [-0.3, -0.25) is 14.4 Å². The number of benzene rings is 2. The summed E-state index contributed by atoms with van der Waals surface area (Å²) in [5, 5.41) is 5.71. The second kappa shape index (κ2) is 8.49. The van der Waals surface area contributed by atoms with Crippen molar-refractivity contribution < 1.29 is 19.1 Å². The van der Waals surface area contributed by atoms with Crippen LogP contribution in [0.4, 0.5) is 11.4 Å². The molecule has 0 bridgehead atoms. The Hall–Kier alpha value is -3.15. The van der Waals surface area contributed by atoms with Gasteiger partial charge in [0.1, 0.15) is 5.75 Å². The number of nitrogens with one attached hydrogen (secondary N) is 2. The van der Waals surface area contributed by atoms with E-state index in [1.807, 2.05) is 0 Å². The number of hydrogen-bond acceptors (Lipinski definition) is 4. The molecule has 1 aliphatic rings. The molecule has 2 N–H and O–H groups in total. The van der Waals surface area contributed by atoms with Gasteiger partial charge in [-0.15, -0.1) is 0 Å². The lowest BCUT2D eigenvalue weighted by Crippen LogP contribution is -2.20. The summed E-state index contributed by atoms with van der Waals surface area (Å²) in [5.41, 5.74) is 1.59. The fourth-order valence-corrected chi connectivity index (χ4v) is 3.18. The first kappa shape index (κ1) is 18.6. The van der Waals surface area contributed by atoms with E-state index < -0.39 is 5.97 Å². The van der Waals surface area contributed by atoms with Crippen LogP contribution < -0.4 is 15.4 Å². The fraction of sp³-hybridized carbons (Fsp3) is 0.286. The zero-order valence-electron chi connectivity index (χ0n) is 15.2. The molecule has 3 rings (SSSR count). The Labute approximate surface area is 157 Å². The quantitative estimate of drug-likeness (QED) is 0.619. The van der Waals surface area contributed by atoms with Gasteiger partial charge in [0.2, 0.25) is 5.91 Å². The minimum absolute atomic E-state index is 0.0325. The highest BCUT2D eigenvalue weighted by atomic mass is 16.5. The van der Waals surface area contributed by atoms with Gasteiger partial charge in [-0.2, -0.15) is 0 Å². The van der Waals surface area contributed by atoms with E-state index in [0.717, 1.165) is 25.7 Å². The summed E-state index contributed by atoms with van der Waals surface area (Å²) < 4.78 is 5.00. The number of carbonyl (C=O) groups excluding carboxylic acids is 3. The summed E-state index contributed by atoms with van der Waals surface area (Å²) >= 11 is 0. The minimum Gasteiger partial charge on any atom is -0.427 e. The highest BCUT2D eigenvalue weighted by Gasteiger charge is 2.22. The molecule has 6 nitrogen and oxygen atoms in total. The monoisotopic (exact) mass is 366 g/mol. The van der Waals surface area contributed by atoms with E-state index >= 15 is 0 Å². The van der Waals surface area contributed by atoms with Crippen LogP contribution >= 0.6 is 0 Å². The van der Waals surface area contributed by atoms with Crippen LogP contribution in [0.1, 0.15) is 43.0 Å². The van der Waals surface area contributed by atoms with Crippen LogP contribution in [0.15, 0.2) is 48.5 Å². The first-order valence-corrected chi connectivity index (χ1v) is 9.02. The molecule has 0 unspecified atom stereocenters. The fourth-order valence-electron chi connectivity index (χ4n) is 3.18. The van der Waals surface area contributed by atoms with Crippen LogP contribution in [0.3, 0.4) is 0 Å². The van der Waals surface area contributed by atoms with E-state index in [9.17, 15) is 14.4 Å². The van der Waals surface area contributed by atoms with E-state index in [-0.39, 0.29) is 17.7 Å². The molecule has 0 atom stereocenters. The average molecular weight is 366 g/mol. The maximum Gasteiger partial charge on any atom is 0.308 e. The summed E-state index contributed by atoms with van der Waals surface area (Å²) in [5.74, 6) is -0.355. The van der Waals surface area contributed by atoms with Crippen molar-refractivity contribution in [3.63, 3.8) is 0 Å². The molecule has 2 amide bonds. The van der Waals surface area contributed by atoms with Crippen LogP contribution in [0.5, 0.6) is 5.75 Å². The van der Waals surface area contributed by atoms with Crippen LogP contribution in [0.25, 0.3) is 0 Å². The van der Waals surface area contributed by atoms with Crippen molar-refractivity contribution in [1.29, 1.82) is 0 Å². The van der Waals surface area contributed by atoms with E-state index in [1.165, 1.54) is 13.0 Å². The van der Waals surface area contributed by atoms with Gasteiger partial charge in [0.15, 0.2) is 0 Å². The van der Waals surface area contributed by atoms with E-state index in [0.29, 0.717) is 22.7 Å². The largest absolute Gasteiger partial charge is 0.427 e. The maximum absolute atomic E-state index is 12.5. The molecule has 1 aliphatic carbocycles. The number of hydrogen-bond donors (Lipinski definition) is 2. The summed E-state index contributed by atoms with van der Waals surface area (Å²) in [6.07, 6.45) is 4.06. The van der Waals surface area contributed by atoms with Gasteiger partial charge in [-0.05, 0) is 49.2 Å². The molecular weight excluding hydrogens is 344 g/mol. The lowest BCUT2D eigenvalue weighted by molar-refractivity contribution is -0.131. The molecule has 6 heteroatoms. The second-order valence-electron chi connectivity index (χ2n) is 6.63. The highest BCUT2D eigenvalue weighted by molar-refractivity contribution is 6.05. The Morgan fingerprint density at radius 1 is 0.926 bits per heavy atom. The summed E-state index contributed by atoms with van der Waals surface area (Å²) in [7, 11) is 0. The van der Waals surface area contributed by atoms with Crippen molar-refractivity contribution in [3.8, 4) is 5.75 Å². The van der Waals surface area contributed by atoms with Crippen LogP contribution in [0.2, 0.25) is 0 Å². The minimum atomic E-state index is -0.446. The van der Waals surface area contributed by atoms with Crippen LogP contribution in [-0.2, 0) is 9.59 Å². The van der Waals surface area contributed by atoms with Gasteiger partial charge in [0.05, 0.1) is 0 Å². The second-order valence-corrected chi connectivity index (χ2v) is 6.63. The number of ether oxygens (including phenoxy) is 1. The van der Waals surface area contributed by atoms with Gasteiger partial charge in [0, 0.05) is 29.8 Å². The molecule has 0 saturated heterocycles. The number of carbonyl (C=O) groups is 3. The van der Waals surface area contributed by atoms with Crippen molar-refractivity contribution in [3.05, 3.63) is 54.1 Å². The molecule has 0 spiro atoms. The predicted molar refractivity (Wildman–Crippen MR) is 103 cm³/mol. The van der Waals surface area contributed by atoms with Crippen LogP contribution in [0, 0.1) is 5.92 Å².